The fraction of sp³-hybridized carbons (Fsp3) is 0.536. The van der Waals surface area contributed by atoms with Crippen LogP contribution in [-0.4, -0.2) is 81.7 Å². The molecule has 9 nitrogen and oxygen atoms in total. The van der Waals surface area contributed by atoms with Gasteiger partial charge in [-0.15, -0.1) is 0 Å². The van der Waals surface area contributed by atoms with Crippen LogP contribution in [0.15, 0.2) is 36.7 Å². The van der Waals surface area contributed by atoms with Crippen molar-refractivity contribution in [2.75, 3.05) is 49.6 Å². The summed E-state index contributed by atoms with van der Waals surface area (Å²) < 4.78 is 7.32. The summed E-state index contributed by atoms with van der Waals surface area (Å²) in [6.45, 7) is 8.39. The number of aliphatic hydroxyl groups excluding tert-OH is 1. The fourth-order valence-corrected chi connectivity index (χ4v) is 6.63. The fourth-order valence-electron chi connectivity index (χ4n) is 6.34. The number of carbonyl (C=O) groups is 1. The van der Waals surface area contributed by atoms with Gasteiger partial charge in [-0.1, -0.05) is 24.9 Å². The average Bonchev–Trinajstić information content (AvgIpc) is 3.33. The van der Waals surface area contributed by atoms with E-state index in [0.29, 0.717) is 30.0 Å². The van der Waals surface area contributed by atoms with Gasteiger partial charge in [0.15, 0.2) is 0 Å². The monoisotopic (exact) mass is 538 g/mol. The maximum atomic E-state index is 13.2. The number of benzene rings is 1. The first-order chi connectivity index (χ1) is 18.3. The predicted molar refractivity (Wildman–Crippen MR) is 148 cm³/mol. The lowest BCUT2D eigenvalue weighted by atomic mass is 9.95. The molecule has 10 heteroatoms. The van der Waals surface area contributed by atoms with E-state index in [1.165, 1.54) is 0 Å². The lowest BCUT2D eigenvalue weighted by Crippen LogP contribution is -2.60. The Morgan fingerprint density at radius 2 is 2.03 bits per heavy atom. The zero-order chi connectivity index (χ0) is 26.6. The first kappa shape index (κ1) is 25.6. The second kappa shape index (κ2) is 9.79. The predicted octanol–water partition coefficient (Wildman–Crippen LogP) is 3.27. The minimum absolute atomic E-state index is 0.00348. The van der Waals surface area contributed by atoms with Crippen molar-refractivity contribution in [2.45, 2.75) is 37.8 Å². The Bertz CT molecular complexity index is 1360. The van der Waals surface area contributed by atoms with Crippen molar-refractivity contribution >= 4 is 39.8 Å². The summed E-state index contributed by atoms with van der Waals surface area (Å²) in [5, 5.41) is 20.6. The first-order valence-electron chi connectivity index (χ1n) is 13.4. The third-order valence-corrected chi connectivity index (χ3v) is 9.09. The molecule has 2 aromatic heterocycles. The van der Waals surface area contributed by atoms with Gasteiger partial charge in [0.25, 0.3) is 0 Å². The smallest absolute Gasteiger partial charge is 0.229 e. The van der Waals surface area contributed by atoms with Crippen LogP contribution in [0.3, 0.4) is 0 Å². The summed E-state index contributed by atoms with van der Waals surface area (Å²) in [6.07, 6.45) is 4.16. The number of hydrogen-bond donors (Lipinski definition) is 2. The van der Waals surface area contributed by atoms with Gasteiger partial charge in [-0.3, -0.25) is 14.4 Å². The third-order valence-electron chi connectivity index (χ3n) is 8.79. The number of halogens is 1. The van der Waals surface area contributed by atoms with E-state index in [9.17, 15) is 9.90 Å². The van der Waals surface area contributed by atoms with E-state index in [-0.39, 0.29) is 23.3 Å². The van der Waals surface area contributed by atoms with Gasteiger partial charge in [0.2, 0.25) is 5.91 Å². The molecule has 2 saturated heterocycles. The lowest BCUT2D eigenvalue weighted by Gasteiger charge is -2.45. The topological polar surface area (TPSA) is 95.8 Å². The number of nitrogens with one attached hydrogen (secondary N) is 1. The van der Waals surface area contributed by atoms with E-state index in [2.05, 4.69) is 45.1 Å². The number of carbonyl (C=O) groups excluding carboxylic acids is 1. The van der Waals surface area contributed by atoms with Crippen LogP contribution >= 0.6 is 11.6 Å². The van der Waals surface area contributed by atoms with Gasteiger partial charge in [0, 0.05) is 56.9 Å². The van der Waals surface area contributed by atoms with Crippen molar-refractivity contribution in [3.63, 3.8) is 0 Å². The Kier molecular flexibility index (Phi) is 6.58. The molecule has 2 aliphatic heterocycles. The van der Waals surface area contributed by atoms with Crippen molar-refractivity contribution in [2.24, 2.45) is 18.9 Å². The summed E-state index contributed by atoms with van der Waals surface area (Å²) in [4.78, 5) is 22.3. The van der Waals surface area contributed by atoms with E-state index in [0.717, 1.165) is 54.8 Å². The zero-order valence-corrected chi connectivity index (χ0v) is 22.9. The average molecular weight is 539 g/mol. The Hall–Kier alpha value is -2.72. The minimum Gasteiger partial charge on any atom is -0.389 e. The third kappa shape index (κ3) is 4.45. The van der Waals surface area contributed by atoms with E-state index < -0.39 is 6.10 Å². The zero-order valence-electron chi connectivity index (χ0n) is 22.1. The molecule has 3 fully saturated rings. The molecule has 3 aromatic rings. The number of aromatic nitrogens is 3. The summed E-state index contributed by atoms with van der Waals surface area (Å²) in [5.41, 5.74) is 1.61. The Labute approximate surface area is 227 Å². The second-order valence-corrected chi connectivity index (χ2v) is 11.5. The van der Waals surface area contributed by atoms with Crippen LogP contribution in [0.5, 0.6) is 0 Å². The molecule has 38 heavy (non-hydrogen) atoms. The Morgan fingerprint density at radius 3 is 2.68 bits per heavy atom. The molecule has 2 N–H and O–H groups in total. The molecular weight excluding hydrogens is 504 g/mol. The van der Waals surface area contributed by atoms with Gasteiger partial charge >= 0.3 is 0 Å². The number of pyridine rings is 1. The number of anilines is 2. The molecule has 202 valence electrons. The number of hydrogen-bond acceptors (Lipinski definition) is 7. The molecule has 0 spiro atoms. The minimum atomic E-state index is -0.470. The highest BCUT2D eigenvalue weighted by Gasteiger charge is 2.55. The molecule has 1 saturated carbocycles. The standard InChI is InChI=1S/C28H35ClN6O3/c1-4-19-25(21-5-6-33(3)32-21)26(19)27(37)31-24-13-17-12-22(20(29)11-18(17)14-30-24)34-7-9-35(10-8-34)28(2)16-38-15-23(28)36/h5-6,11-14,19,23,25-26,36H,4,7-10,15-16H2,1-3H3,(H,30,31,37)/t19-,23+,25+,26-,28-/m1/s1. The molecule has 1 aromatic carbocycles. The van der Waals surface area contributed by atoms with Crippen LogP contribution in [0, 0.1) is 11.8 Å². The van der Waals surface area contributed by atoms with E-state index in [1.54, 1.807) is 10.9 Å². The number of aryl methyl sites for hydroxylation is 1. The molecule has 0 radical (unpaired) electrons. The van der Waals surface area contributed by atoms with E-state index in [4.69, 9.17) is 16.3 Å². The molecule has 0 unspecified atom stereocenters. The maximum absolute atomic E-state index is 13.2. The van der Waals surface area contributed by atoms with Crippen LogP contribution in [0.1, 0.15) is 31.9 Å². The van der Waals surface area contributed by atoms with Gasteiger partial charge in [-0.25, -0.2) is 4.98 Å². The number of aliphatic hydroxyl groups is 1. The number of amides is 1. The molecule has 1 aliphatic carbocycles. The molecule has 4 heterocycles. The maximum Gasteiger partial charge on any atom is 0.229 e. The molecule has 3 aliphatic rings. The number of nitrogens with zero attached hydrogens (tertiary/aromatic N) is 5. The van der Waals surface area contributed by atoms with Crippen LogP contribution in [0.25, 0.3) is 10.8 Å². The van der Waals surface area contributed by atoms with Crippen molar-refractivity contribution in [3.05, 3.63) is 47.4 Å². The normalized spacial score (nSPS) is 29.7. The Morgan fingerprint density at radius 1 is 1.24 bits per heavy atom. The van der Waals surface area contributed by atoms with Crippen molar-refractivity contribution < 1.29 is 14.6 Å². The molecular formula is C28H35ClN6O3. The number of fused-ring (bicyclic) bond motifs is 1. The summed E-state index contributed by atoms with van der Waals surface area (Å²) in [6, 6.07) is 7.96. The van der Waals surface area contributed by atoms with E-state index in [1.807, 2.05) is 31.4 Å². The van der Waals surface area contributed by atoms with Gasteiger partial charge in [0.05, 0.1) is 47.2 Å². The largest absolute Gasteiger partial charge is 0.389 e. The molecule has 5 atom stereocenters. The Balaban J connectivity index is 1.16. The molecule has 1 amide bonds. The van der Waals surface area contributed by atoms with Crippen LogP contribution < -0.4 is 10.2 Å². The SMILES string of the molecule is CC[C@H]1[C@@H](C(=O)Nc2cc3cc(N4CCN([C@]5(C)COC[C@@H]5O)CC4)c(Cl)cc3cn2)[C@@H]1c1ccn(C)n1. The number of rotatable bonds is 6. The van der Waals surface area contributed by atoms with E-state index >= 15 is 0 Å². The quantitative estimate of drug-likeness (QED) is 0.497. The van der Waals surface area contributed by atoms with Gasteiger partial charge in [-0.05, 0) is 42.5 Å². The van der Waals surface area contributed by atoms with Gasteiger partial charge in [0.1, 0.15) is 5.82 Å². The highest BCUT2D eigenvalue weighted by Crippen LogP contribution is 2.55. The summed E-state index contributed by atoms with van der Waals surface area (Å²) in [7, 11) is 1.90. The lowest BCUT2D eigenvalue weighted by molar-refractivity contribution is -0.117. The van der Waals surface area contributed by atoms with Gasteiger partial charge in [-0.2, -0.15) is 5.10 Å². The summed E-state index contributed by atoms with van der Waals surface area (Å²) in [5.74, 6) is 0.912. The molecule has 0 bridgehead atoms. The van der Waals surface area contributed by atoms with Crippen molar-refractivity contribution in [1.82, 2.24) is 19.7 Å². The van der Waals surface area contributed by atoms with Crippen LogP contribution in [-0.2, 0) is 16.6 Å². The van der Waals surface area contributed by atoms with Crippen LogP contribution in [0.2, 0.25) is 5.02 Å². The summed E-state index contributed by atoms with van der Waals surface area (Å²) >= 11 is 6.71. The highest BCUT2D eigenvalue weighted by atomic mass is 35.5. The van der Waals surface area contributed by atoms with Crippen LogP contribution in [0.4, 0.5) is 11.5 Å². The first-order valence-corrected chi connectivity index (χ1v) is 13.8. The number of piperazine rings is 1. The molecule has 6 rings (SSSR count). The van der Waals surface area contributed by atoms with Crippen molar-refractivity contribution in [3.8, 4) is 0 Å². The van der Waals surface area contributed by atoms with Gasteiger partial charge < -0.3 is 20.1 Å². The second-order valence-electron chi connectivity index (χ2n) is 11.1. The number of ether oxygens (including phenoxy) is 1. The van der Waals surface area contributed by atoms with Crippen molar-refractivity contribution in [1.29, 1.82) is 0 Å². The highest BCUT2D eigenvalue weighted by molar-refractivity contribution is 6.34.